The van der Waals surface area contributed by atoms with E-state index in [-0.39, 0.29) is 12.2 Å². The molecule has 0 radical (unpaired) electrons. The fourth-order valence-corrected chi connectivity index (χ4v) is 1.49. The van der Waals surface area contributed by atoms with Gasteiger partial charge in [0.15, 0.2) is 17.3 Å². The number of carboxylic acid groups (broad SMARTS) is 1. The highest BCUT2D eigenvalue weighted by molar-refractivity contribution is 5.94. The Balaban J connectivity index is 2.88. The zero-order valence-corrected chi connectivity index (χ0v) is 10.6. The molecular formula is C13H16O5. The summed E-state index contributed by atoms with van der Waals surface area (Å²) in [5, 5.41) is 8.65. The second-order valence-electron chi connectivity index (χ2n) is 3.95. The first-order chi connectivity index (χ1) is 8.43. The van der Waals surface area contributed by atoms with E-state index >= 15 is 0 Å². The van der Waals surface area contributed by atoms with Gasteiger partial charge in [0.2, 0.25) is 0 Å². The third-order valence-corrected chi connectivity index (χ3v) is 2.36. The highest BCUT2D eigenvalue weighted by Crippen LogP contribution is 2.29. The Morgan fingerprint density at radius 1 is 1.33 bits per heavy atom. The molecule has 0 aliphatic heterocycles. The van der Waals surface area contributed by atoms with Crippen LogP contribution in [0.25, 0.3) is 0 Å². The monoisotopic (exact) mass is 252 g/mol. The van der Waals surface area contributed by atoms with Crippen LogP contribution in [0.15, 0.2) is 18.2 Å². The third kappa shape index (κ3) is 3.76. The average molecular weight is 252 g/mol. The predicted octanol–water partition coefficient (Wildman–Crippen LogP) is 2.14. The summed E-state index contributed by atoms with van der Waals surface area (Å²) < 4.78 is 10.6. The standard InChI is InChI=1S/C13H16O5/c1-8(6-13(15)16)18-11-5-4-10(9(2)14)7-12(11)17-3/h4-5,7-8H,6H2,1-3H3,(H,15,16)/t8-/m0/s1. The molecule has 18 heavy (non-hydrogen) atoms. The van der Waals surface area contributed by atoms with E-state index in [4.69, 9.17) is 14.6 Å². The zero-order chi connectivity index (χ0) is 13.7. The molecule has 0 unspecified atom stereocenters. The minimum Gasteiger partial charge on any atom is -0.493 e. The van der Waals surface area contributed by atoms with E-state index in [9.17, 15) is 9.59 Å². The molecule has 0 fully saturated rings. The number of methoxy groups -OCH3 is 1. The number of carboxylic acids is 1. The van der Waals surface area contributed by atoms with Crippen LogP contribution in [0, 0.1) is 0 Å². The van der Waals surface area contributed by atoms with Gasteiger partial charge in [-0.05, 0) is 32.0 Å². The quantitative estimate of drug-likeness (QED) is 0.785. The van der Waals surface area contributed by atoms with E-state index in [1.54, 1.807) is 25.1 Å². The molecule has 1 aromatic rings. The molecule has 0 aliphatic rings. The first kappa shape index (κ1) is 14.0. The van der Waals surface area contributed by atoms with Crippen LogP contribution in [0.3, 0.4) is 0 Å². The molecule has 1 atom stereocenters. The lowest BCUT2D eigenvalue weighted by atomic mass is 10.1. The number of hydrogen-bond acceptors (Lipinski definition) is 4. The number of hydrogen-bond donors (Lipinski definition) is 1. The summed E-state index contributed by atoms with van der Waals surface area (Å²) in [6.07, 6.45) is -0.572. The first-order valence-electron chi connectivity index (χ1n) is 5.51. The van der Waals surface area contributed by atoms with Crippen LogP contribution in [0.4, 0.5) is 0 Å². The number of rotatable bonds is 6. The van der Waals surface area contributed by atoms with Crippen molar-refractivity contribution in [1.29, 1.82) is 0 Å². The van der Waals surface area contributed by atoms with E-state index in [0.717, 1.165) is 0 Å². The van der Waals surface area contributed by atoms with E-state index in [0.29, 0.717) is 17.1 Å². The molecule has 0 saturated carbocycles. The summed E-state index contributed by atoms with van der Waals surface area (Å²) in [6, 6.07) is 4.80. The molecule has 0 bridgehead atoms. The number of aliphatic carboxylic acids is 1. The molecule has 0 aromatic heterocycles. The Hall–Kier alpha value is -2.04. The van der Waals surface area contributed by atoms with Crippen LogP contribution in [0.5, 0.6) is 11.5 Å². The van der Waals surface area contributed by atoms with Gasteiger partial charge in [0, 0.05) is 5.56 Å². The molecule has 5 nitrogen and oxygen atoms in total. The Kier molecular flexibility index (Phi) is 4.71. The van der Waals surface area contributed by atoms with Crippen LogP contribution in [0.1, 0.15) is 30.6 Å². The van der Waals surface area contributed by atoms with E-state index < -0.39 is 12.1 Å². The van der Waals surface area contributed by atoms with Crippen molar-refractivity contribution in [2.45, 2.75) is 26.4 Å². The number of Topliss-reactive ketones (excluding diaryl/α,β-unsaturated/α-hetero) is 1. The summed E-state index contributed by atoms with van der Waals surface area (Å²) in [6.45, 7) is 3.12. The van der Waals surface area contributed by atoms with Gasteiger partial charge in [-0.1, -0.05) is 0 Å². The number of benzene rings is 1. The van der Waals surface area contributed by atoms with Crippen LogP contribution < -0.4 is 9.47 Å². The number of carbonyl (C=O) groups is 2. The van der Waals surface area contributed by atoms with Crippen molar-refractivity contribution in [3.8, 4) is 11.5 Å². The van der Waals surface area contributed by atoms with Crippen LogP contribution >= 0.6 is 0 Å². The highest BCUT2D eigenvalue weighted by Gasteiger charge is 2.13. The van der Waals surface area contributed by atoms with Gasteiger partial charge in [-0.25, -0.2) is 0 Å². The molecule has 0 aliphatic carbocycles. The van der Waals surface area contributed by atoms with Crippen molar-refractivity contribution in [1.82, 2.24) is 0 Å². The maximum Gasteiger partial charge on any atom is 0.307 e. The minimum absolute atomic E-state index is 0.0709. The summed E-state index contributed by atoms with van der Waals surface area (Å²) in [4.78, 5) is 21.8. The van der Waals surface area contributed by atoms with E-state index in [2.05, 4.69) is 0 Å². The Morgan fingerprint density at radius 2 is 2.00 bits per heavy atom. The van der Waals surface area contributed by atoms with Crippen molar-refractivity contribution >= 4 is 11.8 Å². The van der Waals surface area contributed by atoms with Gasteiger partial charge in [0.1, 0.15) is 6.10 Å². The summed E-state index contributed by atoms with van der Waals surface area (Å²) >= 11 is 0. The largest absolute Gasteiger partial charge is 0.493 e. The maximum atomic E-state index is 11.2. The highest BCUT2D eigenvalue weighted by atomic mass is 16.5. The third-order valence-electron chi connectivity index (χ3n) is 2.36. The van der Waals surface area contributed by atoms with Gasteiger partial charge in [-0.3, -0.25) is 9.59 Å². The van der Waals surface area contributed by atoms with Gasteiger partial charge in [0.25, 0.3) is 0 Å². The molecule has 0 amide bonds. The van der Waals surface area contributed by atoms with Crippen LogP contribution in [-0.2, 0) is 4.79 Å². The predicted molar refractivity (Wildman–Crippen MR) is 65.3 cm³/mol. The minimum atomic E-state index is -0.929. The average Bonchev–Trinajstić information content (AvgIpc) is 2.27. The Labute approximate surface area is 105 Å². The Morgan fingerprint density at radius 3 is 2.50 bits per heavy atom. The SMILES string of the molecule is COc1cc(C(C)=O)ccc1O[C@@H](C)CC(=O)O. The van der Waals surface area contributed by atoms with Crippen LogP contribution in [0.2, 0.25) is 0 Å². The molecule has 0 heterocycles. The second kappa shape index (κ2) is 6.05. The van der Waals surface area contributed by atoms with Gasteiger partial charge in [-0.2, -0.15) is 0 Å². The fraction of sp³-hybridized carbons (Fsp3) is 0.385. The molecule has 1 rings (SSSR count). The van der Waals surface area contributed by atoms with Gasteiger partial charge >= 0.3 is 5.97 Å². The number of carbonyl (C=O) groups excluding carboxylic acids is 1. The smallest absolute Gasteiger partial charge is 0.307 e. The van der Waals surface area contributed by atoms with Crippen molar-refractivity contribution in [3.05, 3.63) is 23.8 Å². The van der Waals surface area contributed by atoms with E-state index in [1.807, 2.05) is 0 Å². The first-order valence-corrected chi connectivity index (χ1v) is 5.51. The number of ether oxygens (including phenoxy) is 2. The van der Waals surface area contributed by atoms with Gasteiger partial charge < -0.3 is 14.6 Å². The van der Waals surface area contributed by atoms with Crippen molar-refractivity contribution < 1.29 is 24.2 Å². The lowest BCUT2D eigenvalue weighted by Crippen LogP contribution is -2.17. The van der Waals surface area contributed by atoms with Crippen LogP contribution in [-0.4, -0.2) is 30.1 Å². The molecule has 98 valence electrons. The molecule has 0 saturated heterocycles. The summed E-state index contributed by atoms with van der Waals surface area (Å²) in [7, 11) is 1.47. The molecule has 5 heteroatoms. The molecule has 0 spiro atoms. The second-order valence-corrected chi connectivity index (χ2v) is 3.95. The van der Waals surface area contributed by atoms with Gasteiger partial charge in [-0.15, -0.1) is 0 Å². The van der Waals surface area contributed by atoms with Crippen molar-refractivity contribution in [2.75, 3.05) is 7.11 Å². The summed E-state index contributed by atoms with van der Waals surface area (Å²) in [5.74, 6) is -0.156. The lowest BCUT2D eigenvalue weighted by molar-refractivity contribution is -0.138. The zero-order valence-electron chi connectivity index (χ0n) is 10.6. The lowest BCUT2D eigenvalue weighted by Gasteiger charge is -2.15. The topological polar surface area (TPSA) is 72.8 Å². The Bertz CT molecular complexity index is 453. The van der Waals surface area contributed by atoms with Crippen molar-refractivity contribution in [3.63, 3.8) is 0 Å². The molecular weight excluding hydrogens is 236 g/mol. The van der Waals surface area contributed by atoms with Gasteiger partial charge in [0.05, 0.1) is 13.5 Å². The number of ketones is 1. The fourth-order valence-electron chi connectivity index (χ4n) is 1.49. The molecule has 1 N–H and O–H groups in total. The maximum absolute atomic E-state index is 11.2. The van der Waals surface area contributed by atoms with E-state index in [1.165, 1.54) is 14.0 Å². The van der Waals surface area contributed by atoms with Crippen molar-refractivity contribution in [2.24, 2.45) is 0 Å². The normalized spacial score (nSPS) is 11.7. The summed E-state index contributed by atoms with van der Waals surface area (Å²) in [5.41, 5.74) is 0.519. The molecule has 1 aromatic carbocycles.